The van der Waals surface area contributed by atoms with Gasteiger partial charge in [0, 0.05) is 5.69 Å². The molecule has 0 unspecified atom stereocenters. The molecule has 0 spiro atoms. The summed E-state index contributed by atoms with van der Waals surface area (Å²) in [7, 11) is -3.66. The summed E-state index contributed by atoms with van der Waals surface area (Å²) in [6.07, 6.45) is 0. The van der Waals surface area contributed by atoms with Crippen LogP contribution in [0.3, 0.4) is 0 Å². The first kappa shape index (κ1) is 13.6. The number of para-hydroxylation sites is 1. The lowest BCUT2D eigenvalue weighted by Crippen LogP contribution is -2.12. The van der Waals surface area contributed by atoms with Crippen LogP contribution < -0.4 is 10.0 Å². The second-order valence-electron chi connectivity index (χ2n) is 3.97. The van der Waals surface area contributed by atoms with Crippen LogP contribution in [0.15, 0.2) is 52.0 Å². The molecule has 0 aliphatic rings. The van der Waals surface area contributed by atoms with E-state index in [-0.39, 0.29) is 5.09 Å². The van der Waals surface area contributed by atoms with Crippen LogP contribution in [-0.4, -0.2) is 15.0 Å². The number of rotatable bonds is 6. The molecule has 5 nitrogen and oxygen atoms in total. The normalized spacial score (nSPS) is 11.4. The molecule has 2 aromatic rings. The quantitative estimate of drug-likeness (QED) is 0.851. The molecule has 0 bridgehead atoms. The van der Waals surface area contributed by atoms with Gasteiger partial charge in [-0.2, -0.15) is 8.42 Å². The Morgan fingerprint density at radius 1 is 1.11 bits per heavy atom. The lowest BCUT2D eigenvalue weighted by molar-refractivity contribution is 0.405. The largest absolute Gasteiger partial charge is 0.446 e. The molecular formula is C13H16N2O3S. The summed E-state index contributed by atoms with van der Waals surface area (Å²) in [5.41, 5.74) is 0.507. The average Bonchev–Trinajstić information content (AvgIpc) is 2.86. The van der Waals surface area contributed by atoms with Gasteiger partial charge in [0.05, 0.1) is 6.54 Å². The molecule has 2 N–H and O–H groups in total. The van der Waals surface area contributed by atoms with Crippen molar-refractivity contribution in [2.24, 2.45) is 0 Å². The minimum atomic E-state index is -3.66. The van der Waals surface area contributed by atoms with Gasteiger partial charge >= 0.3 is 0 Å². The monoisotopic (exact) mass is 280 g/mol. The van der Waals surface area contributed by atoms with Gasteiger partial charge in [0.25, 0.3) is 10.0 Å². The van der Waals surface area contributed by atoms with Crippen LogP contribution in [0.4, 0.5) is 5.69 Å². The van der Waals surface area contributed by atoms with Crippen molar-refractivity contribution in [3.63, 3.8) is 0 Å². The molecule has 0 saturated heterocycles. The minimum Gasteiger partial charge on any atom is -0.446 e. The van der Waals surface area contributed by atoms with Crippen LogP contribution in [0.5, 0.6) is 0 Å². The third-order valence-corrected chi connectivity index (χ3v) is 3.73. The van der Waals surface area contributed by atoms with Crippen molar-refractivity contribution in [1.82, 2.24) is 5.32 Å². The van der Waals surface area contributed by atoms with E-state index in [1.165, 1.54) is 6.07 Å². The Balaban J connectivity index is 2.13. The molecular weight excluding hydrogens is 264 g/mol. The van der Waals surface area contributed by atoms with E-state index in [0.717, 1.165) is 6.54 Å². The number of furan rings is 1. The maximum absolute atomic E-state index is 12.1. The Kier molecular flexibility index (Phi) is 4.24. The van der Waals surface area contributed by atoms with Crippen molar-refractivity contribution in [1.29, 1.82) is 0 Å². The van der Waals surface area contributed by atoms with E-state index in [2.05, 4.69) is 10.0 Å². The van der Waals surface area contributed by atoms with Crippen molar-refractivity contribution < 1.29 is 12.8 Å². The molecule has 0 atom stereocenters. The second-order valence-corrected chi connectivity index (χ2v) is 5.59. The van der Waals surface area contributed by atoms with Gasteiger partial charge in [-0.15, -0.1) is 0 Å². The molecule has 0 amide bonds. The molecule has 19 heavy (non-hydrogen) atoms. The van der Waals surface area contributed by atoms with Crippen molar-refractivity contribution in [3.8, 4) is 0 Å². The predicted molar refractivity (Wildman–Crippen MR) is 73.3 cm³/mol. The van der Waals surface area contributed by atoms with Gasteiger partial charge in [0.1, 0.15) is 5.76 Å². The van der Waals surface area contributed by atoms with Gasteiger partial charge < -0.3 is 9.73 Å². The lowest BCUT2D eigenvalue weighted by Gasteiger charge is -2.05. The summed E-state index contributed by atoms with van der Waals surface area (Å²) in [5.74, 6) is 0.593. The number of benzene rings is 1. The Labute approximate surface area is 112 Å². The average molecular weight is 280 g/mol. The highest BCUT2D eigenvalue weighted by Gasteiger charge is 2.18. The molecule has 1 aromatic carbocycles. The third-order valence-electron chi connectivity index (χ3n) is 2.48. The van der Waals surface area contributed by atoms with E-state index in [0.29, 0.717) is 18.0 Å². The second kappa shape index (κ2) is 5.90. The Morgan fingerprint density at radius 2 is 1.84 bits per heavy atom. The van der Waals surface area contributed by atoms with Crippen LogP contribution in [0.2, 0.25) is 0 Å². The third kappa shape index (κ3) is 3.59. The lowest BCUT2D eigenvalue weighted by atomic mass is 10.3. The maximum atomic E-state index is 12.1. The highest BCUT2D eigenvalue weighted by molar-refractivity contribution is 7.92. The van der Waals surface area contributed by atoms with Gasteiger partial charge in [0.2, 0.25) is 5.09 Å². The smallest absolute Gasteiger partial charge is 0.295 e. The summed E-state index contributed by atoms with van der Waals surface area (Å²) in [5, 5.41) is 2.99. The minimum absolute atomic E-state index is 0.0794. The molecule has 0 fully saturated rings. The van der Waals surface area contributed by atoms with E-state index in [1.807, 2.05) is 13.0 Å². The zero-order valence-electron chi connectivity index (χ0n) is 10.6. The standard InChI is InChI=1S/C13H16N2O3S/c1-2-14-10-12-8-9-13(18-12)19(16,17)15-11-6-4-3-5-7-11/h3-9,14-15H,2,10H2,1H3. The van der Waals surface area contributed by atoms with Gasteiger partial charge in [-0.05, 0) is 30.8 Å². The highest BCUT2D eigenvalue weighted by Crippen LogP contribution is 2.18. The van der Waals surface area contributed by atoms with Crippen molar-refractivity contribution in [3.05, 3.63) is 48.2 Å². The summed E-state index contributed by atoms with van der Waals surface area (Å²) in [6, 6.07) is 11.8. The zero-order chi connectivity index (χ0) is 13.7. The molecule has 1 heterocycles. The van der Waals surface area contributed by atoms with Crippen molar-refractivity contribution in [2.75, 3.05) is 11.3 Å². The van der Waals surface area contributed by atoms with Crippen LogP contribution in [0.1, 0.15) is 12.7 Å². The number of anilines is 1. The highest BCUT2D eigenvalue weighted by atomic mass is 32.2. The molecule has 102 valence electrons. The number of hydrogen-bond acceptors (Lipinski definition) is 4. The van der Waals surface area contributed by atoms with Crippen molar-refractivity contribution >= 4 is 15.7 Å². The SMILES string of the molecule is CCNCc1ccc(S(=O)(=O)Nc2ccccc2)o1. The van der Waals surface area contributed by atoms with Gasteiger partial charge in [-0.1, -0.05) is 25.1 Å². The Hall–Kier alpha value is -1.79. The van der Waals surface area contributed by atoms with Gasteiger partial charge in [-0.25, -0.2) is 0 Å². The maximum Gasteiger partial charge on any atom is 0.295 e. The first-order chi connectivity index (χ1) is 9.12. The predicted octanol–water partition coefficient (Wildman–Crippen LogP) is 2.19. The van der Waals surface area contributed by atoms with E-state index in [1.54, 1.807) is 30.3 Å². The molecule has 2 rings (SSSR count). The zero-order valence-corrected chi connectivity index (χ0v) is 11.4. The van der Waals surface area contributed by atoms with Crippen LogP contribution >= 0.6 is 0 Å². The van der Waals surface area contributed by atoms with E-state index >= 15 is 0 Å². The van der Waals surface area contributed by atoms with Gasteiger partial charge in [0.15, 0.2) is 0 Å². The van der Waals surface area contributed by atoms with Crippen molar-refractivity contribution in [2.45, 2.75) is 18.6 Å². The summed E-state index contributed by atoms with van der Waals surface area (Å²) in [6.45, 7) is 3.28. The fourth-order valence-electron chi connectivity index (χ4n) is 1.56. The fourth-order valence-corrected chi connectivity index (χ4v) is 2.57. The molecule has 0 radical (unpaired) electrons. The van der Waals surface area contributed by atoms with Crippen LogP contribution in [0.25, 0.3) is 0 Å². The van der Waals surface area contributed by atoms with Crippen LogP contribution in [-0.2, 0) is 16.6 Å². The first-order valence-corrected chi connectivity index (χ1v) is 7.47. The topological polar surface area (TPSA) is 71.3 Å². The number of sulfonamides is 1. The molecule has 6 heteroatoms. The Morgan fingerprint density at radius 3 is 2.53 bits per heavy atom. The summed E-state index contributed by atoms with van der Waals surface area (Å²) < 4.78 is 31.9. The number of hydrogen-bond donors (Lipinski definition) is 2. The molecule has 0 aliphatic carbocycles. The van der Waals surface area contributed by atoms with Gasteiger partial charge in [-0.3, -0.25) is 4.72 Å². The first-order valence-electron chi connectivity index (χ1n) is 5.99. The van der Waals surface area contributed by atoms with E-state index < -0.39 is 10.0 Å². The van der Waals surface area contributed by atoms with E-state index in [9.17, 15) is 8.42 Å². The molecule has 0 saturated carbocycles. The summed E-state index contributed by atoms with van der Waals surface area (Å²) >= 11 is 0. The van der Waals surface area contributed by atoms with E-state index in [4.69, 9.17) is 4.42 Å². The summed E-state index contributed by atoms with van der Waals surface area (Å²) in [4.78, 5) is 0. The Bertz CT molecular complexity index is 620. The van der Waals surface area contributed by atoms with Crippen LogP contribution in [0, 0.1) is 0 Å². The number of nitrogens with one attached hydrogen (secondary N) is 2. The fraction of sp³-hybridized carbons (Fsp3) is 0.231. The molecule has 1 aromatic heterocycles. The molecule has 0 aliphatic heterocycles.